The lowest BCUT2D eigenvalue weighted by molar-refractivity contribution is 0.0505. The third-order valence-electron chi connectivity index (χ3n) is 3.13. The topological polar surface area (TPSA) is 67.4 Å². The number of carbonyl (C=O) groups is 2. The number of rotatable bonds is 5. The van der Waals surface area contributed by atoms with Crippen LogP contribution in [0.3, 0.4) is 0 Å². The van der Waals surface area contributed by atoms with Gasteiger partial charge in [-0.1, -0.05) is 28.9 Å². The molecule has 0 fully saturated rings. The summed E-state index contributed by atoms with van der Waals surface area (Å²) in [5.41, 5.74) is 1.61. The molecule has 0 aliphatic heterocycles. The monoisotopic (exact) mass is 420 g/mol. The highest BCUT2D eigenvalue weighted by atomic mass is 79.9. The van der Waals surface area contributed by atoms with Crippen LogP contribution >= 0.6 is 28.1 Å². The highest BCUT2D eigenvalue weighted by molar-refractivity contribution is 9.10. The molecule has 1 amide bonds. The lowest BCUT2D eigenvalue weighted by Crippen LogP contribution is -2.34. The first-order chi connectivity index (χ1) is 12.0. The number of esters is 1. The third kappa shape index (κ3) is 5.95. The van der Waals surface area contributed by atoms with Crippen molar-refractivity contribution in [2.75, 3.05) is 11.9 Å². The fourth-order valence-electron chi connectivity index (χ4n) is 1.94. The zero-order chi connectivity index (χ0) is 18.2. The Morgan fingerprint density at radius 3 is 2.48 bits per heavy atom. The van der Waals surface area contributed by atoms with Gasteiger partial charge in [0.05, 0.1) is 12.2 Å². The SMILES string of the molecule is CCCOC(=O)c1ccc(NC(=S)NC(=O)c2cccc(Br)c2)cc1. The summed E-state index contributed by atoms with van der Waals surface area (Å²) in [5.74, 6) is -0.669. The summed E-state index contributed by atoms with van der Waals surface area (Å²) in [4.78, 5) is 23.9. The van der Waals surface area contributed by atoms with Gasteiger partial charge in [0.1, 0.15) is 0 Å². The van der Waals surface area contributed by atoms with Crippen molar-refractivity contribution in [2.24, 2.45) is 0 Å². The molecule has 0 saturated heterocycles. The molecular formula is C18H17BrN2O3S. The summed E-state index contributed by atoms with van der Waals surface area (Å²) >= 11 is 8.46. The number of carbonyl (C=O) groups excluding carboxylic acids is 2. The van der Waals surface area contributed by atoms with Gasteiger partial charge in [-0.15, -0.1) is 0 Å². The summed E-state index contributed by atoms with van der Waals surface area (Å²) in [6, 6.07) is 13.7. The molecular weight excluding hydrogens is 404 g/mol. The van der Waals surface area contributed by atoms with Gasteiger partial charge in [0.15, 0.2) is 5.11 Å². The smallest absolute Gasteiger partial charge is 0.338 e. The number of hydrogen-bond donors (Lipinski definition) is 2. The van der Waals surface area contributed by atoms with Crippen molar-refractivity contribution in [3.8, 4) is 0 Å². The maximum absolute atomic E-state index is 12.1. The van der Waals surface area contributed by atoms with Gasteiger partial charge in [0.25, 0.3) is 5.91 Å². The fourth-order valence-corrected chi connectivity index (χ4v) is 2.54. The predicted molar refractivity (Wildman–Crippen MR) is 105 cm³/mol. The summed E-state index contributed by atoms with van der Waals surface area (Å²) < 4.78 is 5.87. The maximum atomic E-state index is 12.1. The Morgan fingerprint density at radius 1 is 1.12 bits per heavy atom. The number of anilines is 1. The Balaban J connectivity index is 1.92. The van der Waals surface area contributed by atoms with Crippen LogP contribution in [0.15, 0.2) is 53.0 Å². The van der Waals surface area contributed by atoms with Gasteiger partial charge in [0, 0.05) is 15.7 Å². The van der Waals surface area contributed by atoms with Crippen LogP contribution in [0.1, 0.15) is 34.1 Å². The number of amides is 1. The molecule has 2 rings (SSSR count). The molecule has 0 aliphatic carbocycles. The van der Waals surface area contributed by atoms with E-state index in [-0.39, 0.29) is 17.0 Å². The quantitative estimate of drug-likeness (QED) is 0.561. The first-order valence-corrected chi connectivity index (χ1v) is 8.85. The van der Waals surface area contributed by atoms with Gasteiger partial charge in [-0.2, -0.15) is 0 Å². The standard InChI is InChI=1S/C18H17BrN2O3S/c1-2-10-24-17(23)12-6-8-15(9-7-12)20-18(25)21-16(22)13-4-3-5-14(19)11-13/h3-9,11H,2,10H2,1H3,(H2,20,21,22,25). The highest BCUT2D eigenvalue weighted by Gasteiger charge is 2.09. The van der Waals surface area contributed by atoms with Gasteiger partial charge < -0.3 is 10.1 Å². The molecule has 130 valence electrons. The zero-order valence-corrected chi connectivity index (χ0v) is 15.9. The highest BCUT2D eigenvalue weighted by Crippen LogP contribution is 2.13. The van der Waals surface area contributed by atoms with E-state index in [1.165, 1.54) is 0 Å². The van der Waals surface area contributed by atoms with E-state index in [2.05, 4.69) is 26.6 Å². The number of ether oxygens (including phenoxy) is 1. The Morgan fingerprint density at radius 2 is 1.84 bits per heavy atom. The zero-order valence-electron chi connectivity index (χ0n) is 13.5. The first-order valence-electron chi connectivity index (χ1n) is 7.64. The van der Waals surface area contributed by atoms with E-state index >= 15 is 0 Å². The number of thiocarbonyl (C=S) groups is 1. The minimum absolute atomic E-state index is 0.172. The molecule has 0 heterocycles. The van der Waals surface area contributed by atoms with Crippen LogP contribution in [0.4, 0.5) is 5.69 Å². The van der Waals surface area contributed by atoms with Gasteiger partial charge in [-0.25, -0.2) is 4.79 Å². The number of nitrogens with one attached hydrogen (secondary N) is 2. The summed E-state index contributed by atoms with van der Waals surface area (Å²) in [7, 11) is 0. The van der Waals surface area contributed by atoms with E-state index in [1.54, 1.807) is 42.5 Å². The minimum Gasteiger partial charge on any atom is -0.462 e. The van der Waals surface area contributed by atoms with Crippen molar-refractivity contribution in [2.45, 2.75) is 13.3 Å². The molecule has 0 spiro atoms. The molecule has 0 aromatic heterocycles. The first kappa shape index (κ1) is 19.1. The van der Waals surface area contributed by atoms with Crippen molar-refractivity contribution < 1.29 is 14.3 Å². The molecule has 0 saturated carbocycles. The summed E-state index contributed by atoms with van der Waals surface area (Å²) in [5, 5.41) is 5.68. The van der Waals surface area contributed by atoms with Crippen LogP contribution in [0.2, 0.25) is 0 Å². The number of hydrogen-bond acceptors (Lipinski definition) is 4. The van der Waals surface area contributed by atoms with E-state index in [4.69, 9.17) is 17.0 Å². The second-order valence-electron chi connectivity index (χ2n) is 5.13. The molecule has 0 bridgehead atoms. The number of benzene rings is 2. The molecule has 2 aromatic carbocycles. The van der Waals surface area contributed by atoms with Crippen molar-refractivity contribution in [3.63, 3.8) is 0 Å². The van der Waals surface area contributed by atoms with Crippen molar-refractivity contribution >= 4 is 50.8 Å². The minimum atomic E-state index is -0.362. The van der Waals surface area contributed by atoms with E-state index in [0.29, 0.717) is 23.4 Å². The maximum Gasteiger partial charge on any atom is 0.338 e. The largest absolute Gasteiger partial charge is 0.462 e. The summed E-state index contributed by atoms with van der Waals surface area (Å²) in [6.45, 7) is 2.33. The second kappa shape index (κ2) is 9.29. The Labute approximate surface area is 159 Å². The average Bonchev–Trinajstić information content (AvgIpc) is 2.60. The molecule has 2 aromatic rings. The van der Waals surface area contributed by atoms with Crippen LogP contribution in [-0.4, -0.2) is 23.6 Å². The molecule has 5 nitrogen and oxygen atoms in total. The van der Waals surface area contributed by atoms with Gasteiger partial charge >= 0.3 is 5.97 Å². The Hall–Kier alpha value is -2.25. The average molecular weight is 421 g/mol. The van der Waals surface area contributed by atoms with Crippen LogP contribution in [-0.2, 0) is 4.74 Å². The van der Waals surface area contributed by atoms with Gasteiger partial charge in [-0.3, -0.25) is 10.1 Å². The fraction of sp³-hybridized carbons (Fsp3) is 0.167. The predicted octanol–water partition coefficient (Wildman–Crippen LogP) is 4.14. The van der Waals surface area contributed by atoms with Gasteiger partial charge in [-0.05, 0) is 61.1 Å². The van der Waals surface area contributed by atoms with E-state index in [0.717, 1.165) is 10.9 Å². The van der Waals surface area contributed by atoms with Crippen LogP contribution in [0.25, 0.3) is 0 Å². The molecule has 7 heteroatoms. The molecule has 0 aliphatic rings. The van der Waals surface area contributed by atoms with E-state index < -0.39 is 0 Å². The third-order valence-corrected chi connectivity index (χ3v) is 3.83. The van der Waals surface area contributed by atoms with Crippen LogP contribution in [0.5, 0.6) is 0 Å². The lowest BCUT2D eigenvalue weighted by atomic mass is 10.2. The normalized spacial score (nSPS) is 10.0. The lowest BCUT2D eigenvalue weighted by Gasteiger charge is -2.10. The Bertz CT molecular complexity index is 778. The van der Waals surface area contributed by atoms with Crippen molar-refractivity contribution in [1.82, 2.24) is 5.32 Å². The molecule has 0 radical (unpaired) electrons. The Kier molecular flexibility index (Phi) is 7.09. The van der Waals surface area contributed by atoms with Crippen molar-refractivity contribution in [1.29, 1.82) is 0 Å². The van der Waals surface area contributed by atoms with E-state index in [1.807, 2.05) is 13.0 Å². The van der Waals surface area contributed by atoms with Gasteiger partial charge in [0.2, 0.25) is 0 Å². The van der Waals surface area contributed by atoms with Crippen LogP contribution in [0, 0.1) is 0 Å². The molecule has 0 atom stereocenters. The molecule has 25 heavy (non-hydrogen) atoms. The van der Waals surface area contributed by atoms with E-state index in [9.17, 15) is 9.59 Å². The second-order valence-corrected chi connectivity index (χ2v) is 6.46. The molecule has 2 N–H and O–H groups in total. The number of halogens is 1. The summed E-state index contributed by atoms with van der Waals surface area (Å²) in [6.07, 6.45) is 0.775. The molecule has 0 unspecified atom stereocenters. The van der Waals surface area contributed by atoms with Crippen molar-refractivity contribution in [3.05, 3.63) is 64.1 Å². The van der Waals surface area contributed by atoms with Crippen LogP contribution < -0.4 is 10.6 Å².